The molecule has 0 spiro atoms. The van der Waals surface area contributed by atoms with Gasteiger partial charge < -0.3 is 10.2 Å². The van der Waals surface area contributed by atoms with Gasteiger partial charge in [-0.25, -0.2) is 0 Å². The van der Waals surface area contributed by atoms with E-state index in [9.17, 15) is 0 Å². The molecule has 1 aliphatic carbocycles. The van der Waals surface area contributed by atoms with Crippen molar-refractivity contribution in [2.75, 3.05) is 27.2 Å². The van der Waals surface area contributed by atoms with Gasteiger partial charge in [0.25, 0.3) is 0 Å². The summed E-state index contributed by atoms with van der Waals surface area (Å²) in [5.41, 5.74) is 3.12. The Morgan fingerprint density at radius 2 is 2.06 bits per heavy atom. The van der Waals surface area contributed by atoms with Crippen molar-refractivity contribution in [3.63, 3.8) is 0 Å². The Bertz CT molecular complexity index is 345. The molecule has 2 nitrogen and oxygen atoms in total. The molecular weight excluding hydrogens is 208 g/mol. The number of nitrogens with one attached hydrogen (secondary N) is 1. The van der Waals surface area contributed by atoms with Crippen LogP contribution in [-0.2, 0) is 6.54 Å². The molecule has 1 aromatic carbocycles. The second kappa shape index (κ2) is 6.18. The number of rotatable bonds is 7. The third-order valence-electron chi connectivity index (χ3n) is 3.48. The molecule has 2 rings (SSSR count). The highest BCUT2D eigenvalue weighted by atomic mass is 15.1. The molecule has 1 fully saturated rings. The van der Waals surface area contributed by atoms with Crippen LogP contribution >= 0.6 is 0 Å². The van der Waals surface area contributed by atoms with Crippen LogP contribution in [0.1, 0.15) is 36.3 Å². The first-order valence-corrected chi connectivity index (χ1v) is 6.72. The van der Waals surface area contributed by atoms with Crippen molar-refractivity contribution in [1.29, 1.82) is 0 Å². The number of hydrogen-bond donors (Lipinski definition) is 1. The van der Waals surface area contributed by atoms with Gasteiger partial charge in [0.2, 0.25) is 0 Å². The quantitative estimate of drug-likeness (QED) is 0.727. The van der Waals surface area contributed by atoms with Crippen LogP contribution in [0.25, 0.3) is 0 Å². The lowest BCUT2D eigenvalue weighted by atomic mass is 10.0. The molecule has 1 N–H and O–H groups in total. The normalized spacial score (nSPS) is 15.5. The Morgan fingerprint density at radius 1 is 1.29 bits per heavy atom. The third kappa shape index (κ3) is 3.83. The molecule has 0 heterocycles. The Hall–Kier alpha value is -0.860. The molecular formula is C15H24N2. The van der Waals surface area contributed by atoms with Crippen molar-refractivity contribution in [3.05, 3.63) is 35.4 Å². The van der Waals surface area contributed by atoms with Crippen LogP contribution in [-0.4, -0.2) is 32.1 Å². The average molecular weight is 232 g/mol. The van der Waals surface area contributed by atoms with E-state index in [4.69, 9.17) is 0 Å². The molecule has 0 amide bonds. The average Bonchev–Trinajstić information content (AvgIpc) is 3.14. The van der Waals surface area contributed by atoms with E-state index >= 15 is 0 Å². The van der Waals surface area contributed by atoms with Gasteiger partial charge in [-0.05, 0) is 63.5 Å². The Kier molecular flexibility index (Phi) is 4.57. The van der Waals surface area contributed by atoms with Crippen molar-refractivity contribution in [1.82, 2.24) is 10.2 Å². The summed E-state index contributed by atoms with van der Waals surface area (Å²) in [6.45, 7) is 3.37. The first kappa shape index (κ1) is 12.6. The van der Waals surface area contributed by atoms with E-state index in [1.54, 1.807) is 5.56 Å². The smallest absolute Gasteiger partial charge is 0.0233 e. The Labute approximate surface area is 105 Å². The molecule has 1 saturated carbocycles. The van der Waals surface area contributed by atoms with E-state index in [0.717, 1.165) is 19.0 Å². The van der Waals surface area contributed by atoms with Gasteiger partial charge in [0.1, 0.15) is 0 Å². The molecule has 17 heavy (non-hydrogen) atoms. The summed E-state index contributed by atoms with van der Waals surface area (Å²) in [6.07, 6.45) is 4.00. The second-order valence-corrected chi connectivity index (χ2v) is 5.17. The summed E-state index contributed by atoms with van der Waals surface area (Å²) in [6, 6.07) is 8.96. The molecule has 2 heteroatoms. The molecule has 0 radical (unpaired) electrons. The van der Waals surface area contributed by atoms with Gasteiger partial charge in [0, 0.05) is 6.54 Å². The van der Waals surface area contributed by atoms with E-state index in [0.29, 0.717) is 0 Å². The summed E-state index contributed by atoms with van der Waals surface area (Å²) in [5.74, 6) is 0.858. The van der Waals surface area contributed by atoms with Gasteiger partial charge in [0.15, 0.2) is 0 Å². The molecule has 0 unspecified atom stereocenters. The second-order valence-electron chi connectivity index (χ2n) is 5.17. The maximum atomic E-state index is 3.20. The van der Waals surface area contributed by atoms with Gasteiger partial charge >= 0.3 is 0 Å². The van der Waals surface area contributed by atoms with E-state index in [1.165, 1.54) is 31.4 Å². The largest absolute Gasteiger partial charge is 0.320 e. The minimum Gasteiger partial charge on any atom is -0.320 e. The van der Waals surface area contributed by atoms with Gasteiger partial charge in [-0.3, -0.25) is 0 Å². The predicted molar refractivity (Wildman–Crippen MR) is 73.3 cm³/mol. The van der Waals surface area contributed by atoms with Crippen LogP contribution in [0.4, 0.5) is 0 Å². The number of benzene rings is 1. The summed E-state index contributed by atoms with van der Waals surface area (Å²) in [4.78, 5) is 2.43. The predicted octanol–water partition coefficient (Wildman–Crippen LogP) is 2.61. The van der Waals surface area contributed by atoms with Crippen LogP contribution in [0.2, 0.25) is 0 Å². The van der Waals surface area contributed by atoms with Crippen molar-refractivity contribution in [2.24, 2.45) is 0 Å². The lowest BCUT2D eigenvalue weighted by Crippen LogP contribution is -2.22. The fourth-order valence-corrected chi connectivity index (χ4v) is 2.37. The minimum absolute atomic E-state index is 0.858. The summed E-state index contributed by atoms with van der Waals surface area (Å²) >= 11 is 0. The number of hydrogen-bond acceptors (Lipinski definition) is 2. The van der Waals surface area contributed by atoms with Gasteiger partial charge in [-0.2, -0.15) is 0 Å². The monoisotopic (exact) mass is 232 g/mol. The molecule has 0 saturated heterocycles. The first-order valence-electron chi connectivity index (χ1n) is 6.72. The summed E-state index contributed by atoms with van der Waals surface area (Å²) in [7, 11) is 4.24. The topological polar surface area (TPSA) is 15.3 Å². The van der Waals surface area contributed by atoms with E-state index < -0.39 is 0 Å². The standard InChI is InChI=1S/C15H24N2/c1-16-10-5-11-17(2)12-14-6-3-4-7-15(14)13-8-9-13/h3-4,6-7,13,16H,5,8-12H2,1-2H3. The van der Waals surface area contributed by atoms with Gasteiger partial charge in [-0.15, -0.1) is 0 Å². The van der Waals surface area contributed by atoms with Crippen LogP contribution in [0.3, 0.4) is 0 Å². The summed E-state index contributed by atoms with van der Waals surface area (Å²) < 4.78 is 0. The van der Waals surface area contributed by atoms with Crippen LogP contribution < -0.4 is 5.32 Å². The summed E-state index contributed by atoms with van der Waals surface area (Å²) in [5, 5.41) is 3.20. The molecule has 0 aliphatic heterocycles. The van der Waals surface area contributed by atoms with Crippen molar-refractivity contribution in [2.45, 2.75) is 31.7 Å². The van der Waals surface area contributed by atoms with E-state index in [2.05, 4.69) is 41.5 Å². The highest BCUT2D eigenvalue weighted by Crippen LogP contribution is 2.41. The molecule has 1 aliphatic rings. The highest BCUT2D eigenvalue weighted by molar-refractivity contribution is 5.33. The molecule has 0 bridgehead atoms. The highest BCUT2D eigenvalue weighted by Gasteiger charge is 2.25. The lowest BCUT2D eigenvalue weighted by molar-refractivity contribution is 0.320. The van der Waals surface area contributed by atoms with Crippen molar-refractivity contribution in [3.8, 4) is 0 Å². The minimum atomic E-state index is 0.858. The SMILES string of the molecule is CNCCCN(C)Cc1ccccc1C1CC1. The van der Waals surface area contributed by atoms with Crippen molar-refractivity contribution >= 4 is 0 Å². The fraction of sp³-hybridized carbons (Fsp3) is 0.600. The molecule has 94 valence electrons. The molecule has 0 aromatic heterocycles. The Morgan fingerprint density at radius 3 is 2.76 bits per heavy atom. The van der Waals surface area contributed by atoms with Crippen LogP contribution in [0.5, 0.6) is 0 Å². The zero-order chi connectivity index (χ0) is 12.1. The van der Waals surface area contributed by atoms with E-state index in [-0.39, 0.29) is 0 Å². The Balaban J connectivity index is 1.88. The third-order valence-corrected chi connectivity index (χ3v) is 3.48. The zero-order valence-electron chi connectivity index (χ0n) is 11.1. The number of nitrogens with zero attached hydrogens (tertiary/aromatic N) is 1. The van der Waals surface area contributed by atoms with Crippen molar-refractivity contribution < 1.29 is 0 Å². The first-order chi connectivity index (χ1) is 8.31. The molecule has 0 atom stereocenters. The maximum Gasteiger partial charge on any atom is 0.0233 e. The van der Waals surface area contributed by atoms with Crippen LogP contribution in [0, 0.1) is 0 Å². The van der Waals surface area contributed by atoms with Crippen LogP contribution in [0.15, 0.2) is 24.3 Å². The van der Waals surface area contributed by atoms with E-state index in [1.807, 2.05) is 7.05 Å². The fourth-order valence-electron chi connectivity index (χ4n) is 2.37. The zero-order valence-corrected chi connectivity index (χ0v) is 11.1. The lowest BCUT2D eigenvalue weighted by Gasteiger charge is -2.18. The maximum absolute atomic E-state index is 3.20. The van der Waals surface area contributed by atoms with Gasteiger partial charge in [0.05, 0.1) is 0 Å². The van der Waals surface area contributed by atoms with Gasteiger partial charge in [-0.1, -0.05) is 24.3 Å². The molecule has 1 aromatic rings.